The van der Waals surface area contributed by atoms with E-state index in [1.165, 1.54) is 0 Å². The Hall–Kier alpha value is -2.49. The average Bonchev–Trinajstić information content (AvgIpc) is 2.87. The van der Waals surface area contributed by atoms with Crippen LogP contribution in [0.2, 0.25) is 0 Å². The lowest BCUT2D eigenvalue weighted by atomic mass is 10.2. The van der Waals surface area contributed by atoms with Gasteiger partial charge in [0.1, 0.15) is 5.75 Å². The first-order chi connectivity index (χ1) is 8.83. The number of benzene rings is 2. The first-order valence-electron chi connectivity index (χ1n) is 5.50. The molecule has 4 heteroatoms. The first-order valence-corrected chi connectivity index (χ1v) is 5.50. The molecule has 3 rings (SSSR count). The highest BCUT2D eigenvalue weighted by atomic mass is 16.7. The van der Waals surface area contributed by atoms with E-state index in [0.717, 1.165) is 0 Å². The summed E-state index contributed by atoms with van der Waals surface area (Å²) in [5.41, 5.74) is 0.509. The van der Waals surface area contributed by atoms with Crippen LogP contribution in [0.25, 0.3) is 0 Å². The van der Waals surface area contributed by atoms with Crippen LogP contribution in [0.15, 0.2) is 48.5 Å². The maximum Gasteiger partial charge on any atom is 0.343 e. The van der Waals surface area contributed by atoms with Crippen LogP contribution in [-0.2, 0) is 0 Å². The van der Waals surface area contributed by atoms with E-state index in [2.05, 4.69) is 0 Å². The molecule has 90 valence electrons. The van der Waals surface area contributed by atoms with Gasteiger partial charge in [0, 0.05) is 6.07 Å². The van der Waals surface area contributed by atoms with Crippen molar-refractivity contribution in [2.45, 2.75) is 0 Å². The molecular weight excluding hydrogens is 232 g/mol. The molecule has 0 spiro atoms. The number of hydrogen-bond donors (Lipinski definition) is 0. The smallest absolute Gasteiger partial charge is 0.343 e. The Morgan fingerprint density at radius 1 is 1.00 bits per heavy atom. The number of fused-ring (bicyclic) bond motifs is 1. The van der Waals surface area contributed by atoms with Gasteiger partial charge in [0.2, 0.25) is 6.79 Å². The quantitative estimate of drug-likeness (QED) is 0.600. The molecule has 4 nitrogen and oxygen atoms in total. The van der Waals surface area contributed by atoms with Gasteiger partial charge in [-0.3, -0.25) is 0 Å². The third-order valence-electron chi connectivity index (χ3n) is 2.56. The predicted molar refractivity (Wildman–Crippen MR) is 64.0 cm³/mol. The van der Waals surface area contributed by atoms with Crippen molar-refractivity contribution < 1.29 is 19.0 Å². The SMILES string of the molecule is O=C(Oc1ccc2c(c1)OCO2)c1ccccc1. The summed E-state index contributed by atoms with van der Waals surface area (Å²) in [6.45, 7) is 0.200. The zero-order valence-electron chi connectivity index (χ0n) is 9.46. The maximum atomic E-state index is 11.8. The van der Waals surface area contributed by atoms with Crippen LogP contribution >= 0.6 is 0 Å². The van der Waals surface area contributed by atoms with Crippen LogP contribution in [0.3, 0.4) is 0 Å². The zero-order valence-corrected chi connectivity index (χ0v) is 9.46. The predicted octanol–water partition coefficient (Wildman–Crippen LogP) is 2.63. The summed E-state index contributed by atoms with van der Waals surface area (Å²) in [5, 5.41) is 0. The summed E-state index contributed by atoms with van der Waals surface area (Å²) < 4.78 is 15.6. The van der Waals surface area contributed by atoms with Gasteiger partial charge in [-0.15, -0.1) is 0 Å². The van der Waals surface area contributed by atoms with Gasteiger partial charge in [-0.25, -0.2) is 4.79 Å². The van der Waals surface area contributed by atoms with E-state index in [4.69, 9.17) is 14.2 Å². The molecule has 0 bridgehead atoms. The van der Waals surface area contributed by atoms with E-state index < -0.39 is 5.97 Å². The summed E-state index contributed by atoms with van der Waals surface area (Å²) in [7, 11) is 0. The molecule has 0 radical (unpaired) electrons. The van der Waals surface area contributed by atoms with Crippen molar-refractivity contribution in [2.75, 3.05) is 6.79 Å². The van der Waals surface area contributed by atoms with Gasteiger partial charge in [-0.05, 0) is 24.3 Å². The molecule has 2 aromatic carbocycles. The second-order valence-corrected chi connectivity index (χ2v) is 3.77. The van der Waals surface area contributed by atoms with Crippen LogP contribution in [0.1, 0.15) is 10.4 Å². The van der Waals surface area contributed by atoms with Gasteiger partial charge in [0.05, 0.1) is 5.56 Å². The number of esters is 1. The zero-order chi connectivity index (χ0) is 12.4. The number of carbonyl (C=O) groups excluding carboxylic acids is 1. The van der Waals surface area contributed by atoms with Crippen LogP contribution in [0.5, 0.6) is 17.2 Å². The largest absolute Gasteiger partial charge is 0.454 e. The summed E-state index contributed by atoms with van der Waals surface area (Å²) >= 11 is 0. The summed E-state index contributed by atoms with van der Waals surface area (Å²) in [6.07, 6.45) is 0. The Balaban J connectivity index is 1.79. The average molecular weight is 242 g/mol. The molecule has 0 saturated heterocycles. The van der Waals surface area contributed by atoms with E-state index in [-0.39, 0.29) is 6.79 Å². The highest BCUT2D eigenvalue weighted by Crippen LogP contribution is 2.35. The van der Waals surface area contributed by atoms with E-state index in [1.54, 1.807) is 42.5 Å². The highest BCUT2D eigenvalue weighted by Gasteiger charge is 2.15. The van der Waals surface area contributed by atoms with Crippen molar-refractivity contribution in [1.29, 1.82) is 0 Å². The lowest BCUT2D eigenvalue weighted by Gasteiger charge is -2.04. The normalized spacial score (nSPS) is 12.2. The fourth-order valence-electron chi connectivity index (χ4n) is 1.68. The van der Waals surface area contributed by atoms with Crippen LogP contribution in [0, 0.1) is 0 Å². The molecule has 1 heterocycles. The molecule has 0 N–H and O–H groups in total. The fraction of sp³-hybridized carbons (Fsp3) is 0.0714. The minimum atomic E-state index is -0.394. The Bertz CT molecular complexity index is 578. The molecule has 0 atom stereocenters. The minimum absolute atomic E-state index is 0.200. The number of ether oxygens (including phenoxy) is 3. The third kappa shape index (κ3) is 2.00. The lowest BCUT2D eigenvalue weighted by molar-refractivity contribution is 0.0734. The molecule has 0 saturated carbocycles. The maximum absolute atomic E-state index is 11.8. The van der Waals surface area contributed by atoms with E-state index in [1.807, 2.05) is 6.07 Å². The first kappa shape index (κ1) is 10.7. The molecule has 0 unspecified atom stereocenters. The number of rotatable bonds is 2. The second kappa shape index (κ2) is 4.41. The molecule has 0 amide bonds. The summed E-state index contributed by atoms with van der Waals surface area (Å²) in [6, 6.07) is 13.9. The minimum Gasteiger partial charge on any atom is -0.454 e. The second-order valence-electron chi connectivity index (χ2n) is 3.77. The Labute approximate surface area is 104 Å². The summed E-state index contributed by atoms with van der Waals surface area (Å²) in [5.74, 6) is 1.30. The van der Waals surface area contributed by atoms with Gasteiger partial charge < -0.3 is 14.2 Å². The van der Waals surface area contributed by atoms with Gasteiger partial charge in [-0.1, -0.05) is 18.2 Å². The molecule has 18 heavy (non-hydrogen) atoms. The van der Waals surface area contributed by atoms with E-state index in [0.29, 0.717) is 22.8 Å². The molecular formula is C14H10O4. The van der Waals surface area contributed by atoms with Gasteiger partial charge in [-0.2, -0.15) is 0 Å². The third-order valence-corrected chi connectivity index (χ3v) is 2.56. The van der Waals surface area contributed by atoms with Gasteiger partial charge in [0.15, 0.2) is 11.5 Å². The van der Waals surface area contributed by atoms with Crippen molar-refractivity contribution in [3.05, 3.63) is 54.1 Å². The fourth-order valence-corrected chi connectivity index (χ4v) is 1.68. The monoisotopic (exact) mass is 242 g/mol. The molecule has 0 aliphatic carbocycles. The number of hydrogen-bond acceptors (Lipinski definition) is 4. The van der Waals surface area contributed by atoms with E-state index >= 15 is 0 Å². The molecule has 0 fully saturated rings. The van der Waals surface area contributed by atoms with Crippen molar-refractivity contribution in [2.24, 2.45) is 0 Å². The topological polar surface area (TPSA) is 44.8 Å². The van der Waals surface area contributed by atoms with Gasteiger partial charge >= 0.3 is 5.97 Å². The molecule has 1 aliphatic rings. The molecule has 2 aromatic rings. The Morgan fingerprint density at radius 3 is 2.61 bits per heavy atom. The van der Waals surface area contributed by atoms with Crippen LogP contribution in [-0.4, -0.2) is 12.8 Å². The van der Waals surface area contributed by atoms with Crippen molar-refractivity contribution in [3.63, 3.8) is 0 Å². The molecule has 0 aromatic heterocycles. The standard InChI is InChI=1S/C14H10O4/c15-14(10-4-2-1-3-5-10)18-11-6-7-12-13(8-11)17-9-16-12/h1-8H,9H2. The van der Waals surface area contributed by atoms with Crippen molar-refractivity contribution >= 4 is 5.97 Å². The lowest BCUT2D eigenvalue weighted by Crippen LogP contribution is -2.07. The summed E-state index contributed by atoms with van der Waals surface area (Å²) in [4.78, 5) is 11.8. The molecule has 1 aliphatic heterocycles. The Kier molecular flexibility index (Phi) is 2.61. The van der Waals surface area contributed by atoms with E-state index in [9.17, 15) is 4.79 Å². The van der Waals surface area contributed by atoms with Gasteiger partial charge in [0.25, 0.3) is 0 Å². The highest BCUT2D eigenvalue weighted by molar-refractivity contribution is 5.91. The van der Waals surface area contributed by atoms with Crippen LogP contribution in [0.4, 0.5) is 0 Å². The van der Waals surface area contributed by atoms with Crippen molar-refractivity contribution in [1.82, 2.24) is 0 Å². The van der Waals surface area contributed by atoms with Crippen LogP contribution < -0.4 is 14.2 Å². The number of carbonyl (C=O) groups is 1. The Morgan fingerprint density at radius 2 is 1.78 bits per heavy atom. The van der Waals surface area contributed by atoms with Crippen molar-refractivity contribution in [3.8, 4) is 17.2 Å².